The number of amides is 1. The fourth-order valence-corrected chi connectivity index (χ4v) is 3.22. The average molecular weight is 420 g/mol. The van der Waals surface area contributed by atoms with Crippen LogP contribution >= 0.6 is 0 Å². The molecule has 0 radical (unpaired) electrons. The molecule has 3 heterocycles. The molecule has 2 N–H and O–H groups in total. The summed E-state index contributed by atoms with van der Waals surface area (Å²) in [4.78, 5) is 23.9. The van der Waals surface area contributed by atoms with Crippen LogP contribution in [0.5, 0.6) is 0 Å². The van der Waals surface area contributed by atoms with E-state index in [4.69, 9.17) is 14.6 Å². The maximum Gasteiger partial charge on any atom is 0.490 e. The Bertz CT molecular complexity index is 687. The zero-order valence-electron chi connectivity index (χ0n) is 16.5. The summed E-state index contributed by atoms with van der Waals surface area (Å²) in [7, 11) is 0. The number of carbonyl (C=O) groups excluding carboxylic acids is 1. The molecule has 0 spiro atoms. The summed E-state index contributed by atoms with van der Waals surface area (Å²) in [6.07, 6.45) is -1.22. The molecule has 1 fully saturated rings. The van der Waals surface area contributed by atoms with E-state index in [1.165, 1.54) is 0 Å². The van der Waals surface area contributed by atoms with E-state index in [9.17, 15) is 18.0 Å². The van der Waals surface area contributed by atoms with Crippen molar-refractivity contribution in [1.82, 2.24) is 20.0 Å². The summed E-state index contributed by atoms with van der Waals surface area (Å²) in [5.41, 5.74) is 1.12. The third-order valence-corrected chi connectivity index (χ3v) is 5.00. The Labute approximate surface area is 167 Å². The molecule has 1 aromatic heterocycles. The number of rotatable bonds is 4. The Morgan fingerprint density at radius 3 is 2.52 bits per heavy atom. The molecule has 11 heteroatoms. The largest absolute Gasteiger partial charge is 0.490 e. The van der Waals surface area contributed by atoms with Gasteiger partial charge in [0.05, 0.1) is 5.69 Å². The molecular weight excluding hydrogens is 393 g/mol. The first-order valence-corrected chi connectivity index (χ1v) is 9.51. The summed E-state index contributed by atoms with van der Waals surface area (Å²) < 4.78 is 39.0. The molecule has 29 heavy (non-hydrogen) atoms. The number of carbonyl (C=O) groups is 2. The predicted molar refractivity (Wildman–Crippen MR) is 97.1 cm³/mol. The summed E-state index contributed by atoms with van der Waals surface area (Å²) in [5.74, 6) is -2.13. The minimum atomic E-state index is -5.08. The van der Waals surface area contributed by atoms with Crippen LogP contribution < -0.4 is 5.32 Å². The van der Waals surface area contributed by atoms with Crippen molar-refractivity contribution in [2.45, 2.75) is 51.5 Å². The van der Waals surface area contributed by atoms with E-state index in [0.717, 1.165) is 51.4 Å². The zero-order valence-corrected chi connectivity index (χ0v) is 16.5. The van der Waals surface area contributed by atoms with Crippen molar-refractivity contribution in [3.8, 4) is 0 Å². The van der Waals surface area contributed by atoms with Crippen LogP contribution in [0.15, 0.2) is 12.3 Å². The smallest absolute Gasteiger partial charge is 0.475 e. The molecule has 0 aromatic carbocycles. The highest BCUT2D eigenvalue weighted by atomic mass is 19.4. The first-order chi connectivity index (χ1) is 13.6. The monoisotopic (exact) mass is 420 g/mol. The number of hydrogen-bond donors (Lipinski definition) is 2. The van der Waals surface area contributed by atoms with Gasteiger partial charge in [-0.3, -0.25) is 14.4 Å². The predicted octanol–water partition coefficient (Wildman–Crippen LogP) is 1.82. The Hall–Kier alpha value is -2.14. The summed E-state index contributed by atoms with van der Waals surface area (Å²) >= 11 is 0. The molecule has 3 rings (SSSR count). The molecule has 1 unspecified atom stereocenters. The van der Waals surface area contributed by atoms with Gasteiger partial charge in [-0.2, -0.15) is 18.3 Å². The van der Waals surface area contributed by atoms with Crippen LogP contribution in [0.25, 0.3) is 0 Å². The second kappa shape index (κ2) is 10.1. The molecule has 2 aliphatic heterocycles. The second-order valence-corrected chi connectivity index (χ2v) is 7.41. The van der Waals surface area contributed by atoms with Crippen molar-refractivity contribution in [1.29, 1.82) is 0 Å². The standard InChI is InChI=1S/C16H26N4O2.C2HF3O2/c1-12(2)19-10-14-3-6-18-20(14)15(11-19)16(21)17-9-13-4-7-22-8-5-13;3-2(4,5)1(6)7/h3,6,12-13,15H,4-5,7-11H2,1-2H3,(H,17,21);(H,6,7). The van der Waals surface area contributed by atoms with Crippen molar-refractivity contribution >= 4 is 11.9 Å². The Morgan fingerprint density at radius 2 is 1.97 bits per heavy atom. The third-order valence-electron chi connectivity index (χ3n) is 5.00. The zero-order chi connectivity index (χ0) is 21.6. The molecule has 1 atom stereocenters. The lowest BCUT2D eigenvalue weighted by atomic mass is 10.0. The molecule has 0 aliphatic carbocycles. The lowest BCUT2D eigenvalue weighted by molar-refractivity contribution is -0.192. The van der Waals surface area contributed by atoms with Crippen LogP contribution in [0, 0.1) is 5.92 Å². The number of alkyl halides is 3. The van der Waals surface area contributed by atoms with Gasteiger partial charge >= 0.3 is 12.1 Å². The second-order valence-electron chi connectivity index (χ2n) is 7.41. The molecule has 1 saturated heterocycles. The lowest BCUT2D eigenvalue weighted by Crippen LogP contribution is -2.48. The average Bonchev–Trinajstić information content (AvgIpc) is 3.14. The number of hydrogen-bond acceptors (Lipinski definition) is 5. The van der Waals surface area contributed by atoms with E-state index < -0.39 is 12.1 Å². The number of nitrogens with one attached hydrogen (secondary N) is 1. The number of carboxylic acid groups (broad SMARTS) is 1. The van der Waals surface area contributed by atoms with Gasteiger partial charge in [-0.05, 0) is 38.7 Å². The maximum atomic E-state index is 12.6. The van der Waals surface area contributed by atoms with Gasteiger partial charge in [-0.1, -0.05) is 0 Å². The molecular formula is C18H27F3N4O4. The van der Waals surface area contributed by atoms with E-state index in [1.807, 2.05) is 10.7 Å². The highest BCUT2D eigenvalue weighted by molar-refractivity contribution is 5.80. The van der Waals surface area contributed by atoms with Crippen molar-refractivity contribution in [2.24, 2.45) is 5.92 Å². The highest BCUT2D eigenvalue weighted by Crippen LogP contribution is 2.22. The SMILES string of the molecule is CC(C)N1Cc2ccnn2C(C(=O)NCC2CCOCC2)C1.O=C(O)C(F)(F)F. The number of halogens is 3. The minimum Gasteiger partial charge on any atom is -0.475 e. The van der Waals surface area contributed by atoms with Gasteiger partial charge in [0.2, 0.25) is 5.91 Å². The van der Waals surface area contributed by atoms with Crippen molar-refractivity contribution in [3.63, 3.8) is 0 Å². The van der Waals surface area contributed by atoms with Crippen LogP contribution in [0.2, 0.25) is 0 Å². The van der Waals surface area contributed by atoms with Crippen LogP contribution in [0.3, 0.4) is 0 Å². The first-order valence-electron chi connectivity index (χ1n) is 9.51. The maximum absolute atomic E-state index is 12.6. The van der Waals surface area contributed by atoms with Crippen LogP contribution in [-0.4, -0.2) is 70.2 Å². The molecule has 0 bridgehead atoms. The Kier molecular flexibility index (Phi) is 8.03. The molecule has 1 aromatic rings. The van der Waals surface area contributed by atoms with Crippen LogP contribution in [-0.2, 0) is 20.9 Å². The van der Waals surface area contributed by atoms with E-state index in [1.54, 1.807) is 6.20 Å². The van der Waals surface area contributed by atoms with Crippen molar-refractivity contribution in [2.75, 3.05) is 26.3 Å². The lowest BCUT2D eigenvalue weighted by Gasteiger charge is -2.35. The molecule has 2 aliphatic rings. The van der Waals surface area contributed by atoms with E-state index in [-0.39, 0.29) is 11.9 Å². The molecule has 8 nitrogen and oxygen atoms in total. The van der Waals surface area contributed by atoms with Gasteiger partial charge in [0.25, 0.3) is 0 Å². The Balaban J connectivity index is 0.000000370. The van der Waals surface area contributed by atoms with E-state index >= 15 is 0 Å². The van der Waals surface area contributed by atoms with Gasteiger partial charge in [0, 0.05) is 45.1 Å². The quantitative estimate of drug-likeness (QED) is 0.772. The number of carboxylic acids is 1. The van der Waals surface area contributed by atoms with Gasteiger partial charge in [-0.25, -0.2) is 4.79 Å². The van der Waals surface area contributed by atoms with Gasteiger partial charge in [0.15, 0.2) is 0 Å². The van der Waals surface area contributed by atoms with E-state index in [2.05, 4.69) is 29.2 Å². The fourth-order valence-electron chi connectivity index (χ4n) is 3.22. The van der Waals surface area contributed by atoms with Gasteiger partial charge < -0.3 is 15.2 Å². The van der Waals surface area contributed by atoms with Crippen LogP contribution in [0.1, 0.15) is 38.4 Å². The van der Waals surface area contributed by atoms with Gasteiger partial charge in [-0.15, -0.1) is 0 Å². The number of aromatic nitrogens is 2. The third kappa shape index (κ3) is 6.70. The van der Waals surface area contributed by atoms with E-state index in [0.29, 0.717) is 12.0 Å². The highest BCUT2D eigenvalue weighted by Gasteiger charge is 2.38. The van der Waals surface area contributed by atoms with Crippen molar-refractivity contribution in [3.05, 3.63) is 18.0 Å². The minimum absolute atomic E-state index is 0.0850. The first kappa shape index (κ1) is 23.1. The topological polar surface area (TPSA) is 96.7 Å². The Morgan fingerprint density at radius 1 is 1.34 bits per heavy atom. The normalized spacial score (nSPS) is 20.6. The number of fused-ring (bicyclic) bond motifs is 1. The van der Waals surface area contributed by atoms with Crippen LogP contribution in [0.4, 0.5) is 13.2 Å². The van der Waals surface area contributed by atoms with Crippen molar-refractivity contribution < 1.29 is 32.6 Å². The number of nitrogens with zero attached hydrogens (tertiary/aromatic N) is 3. The summed E-state index contributed by atoms with van der Waals surface area (Å²) in [6.45, 7) is 8.30. The summed E-state index contributed by atoms with van der Waals surface area (Å²) in [6, 6.07) is 2.21. The fraction of sp³-hybridized carbons (Fsp3) is 0.722. The number of aliphatic carboxylic acids is 1. The number of ether oxygens (including phenoxy) is 1. The summed E-state index contributed by atoms with van der Waals surface area (Å²) in [5, 5.41) is 14.6. The molecule has 1 amide bonds. The molecule has 164 valence electrons. The molecule has 0 saturated carbocycles. The van der Waals surface area contributed by atoms with Gasteiger partial charge in [0.1, 0.15) is 6.04 Å².